The Morgan fingerprint density at radius 2 is 2.10 bits per heavy atom. The van der Waals surface area contributed by atoms with E-state index in [0.29, 0.717) is 29.9 Å². The Labute approximate surface area is 172 Å². The number of pyridine rings is 1. The summed E-state index contributed by atoms with van der Waals surface area (Å²) in [4.78, 5) is 31.1. The van der Waals surface area contributed by atoms with E-state index in [9.17, 15) is 14.7 Å². The lowest BCUT2D eigenvalue weighted by Gasteiger charge is -2.35. The highest BCUT2D eigenvalue weighted by Crippen LogP contribution is 2.55. The molecule has 3 aromatic rings. The van der Waals surface area contributed by atoms with Crippen LogP contribution in [0.5, 0.6) is 0 Å². The minimum Gasteiger partial charge on any atom is -0.477 e. The van der Waals surface area contributed by atoms with E-state index in [2.05, 4.69) is 24.0 Å². The number of rotatable bonds is 4. The Morgan fingerprint density at radius 1 is 1.33 bits per heavy atom. The fourth-order valence-electron chi connectivity index (χ4n) is 4.97. The number of nitrogens with zero attached hydrogens (tertiary/aromatic N) is 3. The van der Waals surface area contributed by atoms with Gasteiger partial charge in [0.25, 0.3) is 0 Å². The molecule has 2 N–H and O–H groups in total. The summed E-state index contributed by atoms with van der Waals surface area (Å²) in [5.74, 6) is -1.01. The summed E-state index contributed by atoms with van der Waals surface area (Å²) in [6.45, 7) is 6.83. The van der Waals surface area contributed by atoms with Crippen molar-refractivity contribution in [2.45, 2.75) is 57.1 Å². The van der Waals surface area contributed by atoms with Crippen molar-refractivity contribution in [1.82, 2.24) is 19.7 Å². The van der Waals surface area contributed by atoms with Gasteiger partial charge in [0, 0.05) is 18.2 Å². The Hall–Kier alpha value is -2.94. The second-order valence-electron chi connectivity index (χ2n) is 9.08. The topological polar surface area (TPSA) is 123 Å². The fraction of sp³-hybridized carbons (Fsp3) is 0.524. The van der Waals surface area contributed by atoms with Gasteiger partial charge in [0.1, 0.15) is 11.2 Å². The number of carboxylic acid groups (broad SMARTS) is 1. The summed E-state index contributed by atoms with van der Waals surface area (Å²) in [5, 5.41) is 13.8. The lowest BCUT2D eigenvalue weighted by Crippen LogP contribution is -2.33. The van der Waals surface area contributed by atoms with Gasteiger partial charge in [-0.1, -0.05) is 12.1 Å². The van der Waals surface area contributed by atoms with E-state index < -0.39 is 17.3 Å². The van der Waals surface area contributed by atoms with Gasteiger partial charge in [-0.3, -0.25) is 14.5 Å². The van der Waals surface area contributed by atoms with E-state index in [1.807, 2.05) is 19.1 Å². The predicted molar refractivity (Wildman–Crippen MR) is 107 cm³/mol. The molecular formula is C21H24N4O5. The van der Waals surface area contributed by atoms with Crippen LogP contribution in [0, 0.1) is 5.92 Å². The Kier molecular flexibility index (Phi) is 3.99. The molecule has 0 aromatic carbocycles. The molecule has 30 heavy (non-hydrogen) atoms. The van der Waals surface area contributed by atoms with E-state index >= 15 is 0 Å². The van der Waals surface area contributed by atoms with Crippen LogP contribution in [0.2, 0.25) is 0 Å². The van der Waals surface area contributed by atoms with E-state index in [1.54, 1.807) is 10.6 Å². The lowest BCUT2D eigenvalue weighted by molar-refractivity contribution is -0.0597. The second-order valence-corrected chi connectivity index (χ2v) is 9.08. The number of aromatic nitrogens is 4. The van der Waals surface area contributed by atoms with Crippen molar-refractivity contribution in [3.63, 3.8) is 0 Å². The molecule has 4 heterocycles. The SMILES string of the molecule is C[C@H]1C[C@]1(c1noc(=O)[nH]1)n1c(C(=O)O)cc2nc(C3CCOC(C)(C)C3)ccc21. The molecule has 1 aliphatic heterocycles. The van der Waals surface area contributed by atoms with Gasteiger partial charge in [-0.25, -0.2) is 9.59 Å². The van der Waals surface area contributed by atoms with Gasteiger partial charge < -0.3 is 14.4 Å². The number of aromatic amines is 1. The summed E-state index contributed by atoms with van der Waals surface area (Å²) >= 11 is 0. The highest BCUT2D eigenvalue weighted by atomic mass is 16.5. The van der Waals surface area contributed by atoms with Crippen LogP contribution in [0.25, 0.3) is 11.0 Å². The fourth-order valence-corrected chi connectivity index (χ4v) is 4.97. The number of aromatic carboxylic acids is 1. The van der Waals surface area contributed by atoms with E-state index in [0.717, 1.165) is 18.5 Å². The van der Waals surface area contributed by atoms with Crippen molar-refractivity contribution < 1.29 is 19.2 Å². The van der Waals surface area contributed by atoms with Gasteiger partial charge in [0.05, 0.1) is 16.6 Å². The highest BCUT2D eigenvalue weighted by molar-refractivity contribution is 5.94. The molecule has 3 atom stereocenters. The summed E-state index contributed by atoms with van der Waals surface area (Å²) in [7, 11) is 0. The molecule has 2 aliphatic rings. The number of hydrogen-bond donors (Lipinski definition) is 2. The van der Waals surface area contributed by atoms with E-state index in [1.165, 1.54) is 0 Å². The molecule has 5 rings (SSSR count). The maximum atomic E-state index is 12.1. The van der Waals surface area contributed by atoms with Crippen molar-refractivity contribution in [2.24, 2.45) is 5.92 Å². The van der Waals surface area contributed by atoms with Crippen LogP contribution < -0.4 is 5.76 Å². The van der Waals surface area contributed by atoms with Crippen LogP contribution in [0.4, 0.5) is 0 Å². The van der Waals surface area contributed by atoms with E-state index in [4.69, 9.17) is 14.2 Å². The number of ether oxygens (including phenoxy) is 1. The van der Waals surface area contributed by atoms with Crippen molar-refractivity contribution in [1.29, 1.82) is 0 Å². The van der Waals surface area contributed by atoms with Gasteiger partial charge in [0.15, 0.2) is 5.82 Å². The highest BCUT2D eigenvalue weighted by Gasteiger charge is 2.59. The molecule has 2 fully saturated rings. The number of carboxylic acids is 1. The van der Waals surface area contributed by atoms with Crippen LogP contribution in [-0.2, 0) is 10.3 Å². The summed E-state index contributed by atoms with van der Waals surface area (Å²) < 4.78 is 12.3. The first-order valence-corrected chi connectivity index (χ1v) is 10.2. The largest absolute Gasteiger partial charge is 0.477 e. The summed E-state index contributed by atoms with van der Waals surface area (Å²) in [6, 6.07) is 5.51. The third kappa shape index (κ3) is 2.79. The average Bonchev–Trinajstić information content (AvgIpc) is 3.03. The molecule has 1 saturated carbocycles. The van der Waals surface area contributed by atoms with Crippen molar-refractivity contribution >= 4 is 17.0 Å². The predicted octanol–water partition coefficient (Wildman–Crippen LogP) is 2.87. The van der Waals surface area contributed by atoms with Crippen LogP contribution in [0.1, 0.15) is 68.0 Å². The molecule has 3 aromatic heterocycles. The molecule has 0 spiro atoms. The zero-order chi connectivity index (χ0) is 21.3. The summed E-state index contributed by atoms with van der Waals surface area (Å²) in [5.41, 5.74) is 1.43. The number of carbonyl (C=O) groups is 1. The molecule has 1 saturated heterocycles. The standard InChI is InChI=1S/C21H24N4O5/c1-11-9-21(11,18-23-19(28)30-24-18)25-15-5-4-13(12-6-7-29-20(2,3)10-12)22-14(15)8-16(25)17(26)27/h4-5,8,11-12H,6-7,9-10H2,1-3H3,(H,26,27)(H,23,24,28)/t11-,12?,21-/m0/s1. The van der Waals surface area contributed by atoms with Gasteiger partial charge >= 0.3 is 11.7 Å². The second kappa shape index (κ2) is 6.28. The van der Waals surface area contributed by atoms with Crippen molar-refractivity contribution in [2.75, 3.05) is 6.61 Å². The third-order valence-electron chi connectivity index (χ3n) is 6.54. The number of fused-ring (bicyclic) bond motifs is 1. The molecule has 1 aliphatic carbocycles. The molecular weight excluding hydrogens is 388 g/mol. The van der Waals surface area contributed by atoms with Crippen LogP contribution in [0.3, 0.4) is 0 Å². The number of H-pyrrole nitrogens is 1. The molecule has 9 nitrogen and oxygen atoms in total. The van der Waals surface area contributed by atoms with Crippen molar-refractivity contribution in [3.05, 3.63) is 46.0 Å². The molecule has 9 heteroatoms. The van der Waals surface area contributed by atoms with Crippen LogP contribution >= 0.6 is 0 Å². The average molecular weight is 412 g/mol. The smallest absolute Gasteiger partial charge is 0.438 e. The zero-order valence-corrected chi connectivity index (χ0v) is 17.1. The Morgan fingerprint density at radius 3 is 2.70 bits per heavy atom. The monoisotopic (exact) mass is 412 g/mol. The maximum absolute atomic E-state index is 12.1. The Bertz CT molecular complexity index is 1210. The van der Waals surface area contributed by atoms with Gasteiger partial charge in [-0.15, -0.1) is 0 Å². The molecule has 1 unspecified atom stereocenters. The molecule has 0 bridgehead atoms. The third-order valence-corrected chi connectivity index (χ3v) is 6.54. The van der Waals surface area contributed by atoms with Crippen LogP contribution in [-0.4, -0.2) is 43.0 Å². The normalized spacial score (nSPS) is 28.0. The first-order chi connectivity index (χ1) is 14.2. The van der Waals surface area contributed by atoms with Gasteiger partial charge in [0.2, 0.25) is 0 Å². The van der Waals surface area contributed by atoms with Crippen LogP contribution in [0.15, 0.2) is 27.5 Å². The number of hydrogen-bond acceptors (Lipinski definition) is 6. The Balaban J connectivity index is 1.65. The van der Waals surface area contributed by atoms with Gasteiger partial charge in [-0.2, -0.15) is 0 Å². The molecule has 0 amide bonds. The molecule has 0 radical (unpaired) electrons. The van der Waals surface area contributed by atoms with E-state index in [-0.39, 0.29) is 23.1 Å². The quantitative estimate of drug-likeness (QED) is 0.675. The zero-order valence-electron chi connectivity index (χ0n) is 17.1. The minimum absolute atomic E-state index is 0.0860. The van der Waals surface area contributed by atoms with Gasteiger partial charge in [-0.05, 0) is 57.2 Å². The first-order valence-electron chi connectivity index (χ1n) is 10.2. The molecule has 158 valence electrons. The lowest BCUT2D eigenvalue weighted by atomic mass is 9.86. The minimum atomic E-state index is -1.05. The maximum Gasteiger partial charge on any atom is 0.438 e. The number of nitrogens with one attached hydrogen (secondary N) is 1. The summed E-state index contributed by atoms with van der Waals surface area (Å²) in [6.07, 6.45) is 2.39. The van der Waals surface area contributed by atoms with Crippen molar-refractivity contribution in [3.8, 4) is 0 Å². The first kappa shape index (κ1) is 19.0.